The highest BCUT2D eigenvalue weighted by atomic mass is 19.3. The quantitative estimate of drug-likeness (QED) is 0.605. The third-order valence-electron chi connectivity index (χ3n) is 3.70. The predicted octanol–water partition coefficient (Wildman–Crippen LogP) is -1.58. The Labute approximate surface area is 104 Å². The first-order valence-electron chi connectivity index (χ1n) is 5.51. The van der Waals surface area contributed by atoms with Crippen LogP contribution in [-0.4, -0.2) is 44.0 Å². The third-order valence-corrected chi connectivity index (χ3v) is 3.70. The minimum absolute atomic E-state index is 0.652. The van der Waals surface area contributed by atoms with Crippen LogP contribution in [0.1, 0.15) is 6.23 Å². The van der Waals surface area contributed by atoms with Crippen molar-refractivity contribution in [3.63, 3.8) is 0 Å². The highest BCUT2D eigenvalue weighted by Crippen LogP contribution is 2.69. The van der Waals surface area contributed by atoms with Crippen molar-refractivity contribution in [1.82, 2.24) is 9.55 Å². The molecule has 2 heterocycles. The summed E-state index contributed by atoms with van der Waals surface area (Å²) in [4.78, 5) is 24.3. The number of aliphatic hydroxyl groups is 2. The molecule has 0 aromatic carbocycles. The molecule has 4 atom stereocenters. The van der Waals surface area contributed by atoms with E-state index < -0.39 is 47.6 Å². The van der Waals surface area contributed by atoms with Crippen molar-refractivity contribution < 1.29 is 23.7 Å². The van der Waals surface area contributed by atoms with Gasteiger partial charge >= 0.3 is 5.69 Å². The van der Waals surface area contributed by atoms with Gasteiger partial charge < -0.3 is 14.9 Å². The van der Waals surface area contributed by atoms with Crippen molar-refractivity contribution in [2.24, 2.45) is 5.92 Å². The molecule has 1 saturated heterocycles. The zero-order valence-electron chi connectivity index (χ0n) is 9.42. The van der Waals surface area contributed by atoms with E-state index in [2.05, 4.69) is 0 Å². The number of H-pyrrole nitrogens is 1. The van der Waals surface area contributed by atoms with Crippen molar-refractivity contribution in [1.29, 1.82) is 0 Å². The van der Waals surface area contributed by atoms with E-state index in [1.165, 1.54) is 0 Å². The smallest absolute Gasteiger partial charge is 0.330 e. The molecule has 19 heavy (non-hydrogen) atoms. The van der Waals surface area contributed by atoms with Crippen LogP contribution in [-0.2, 0) is 4.74 Å². The van der Waals surface area contributed by atoms with Crippen LogP contribution >= 0.6 is 0 Å². The number of fused-ring (bicyclic) bond motifs is 1. The van der Waals surface area contributed by atoms with Crippen LogP contribution in [0.15, 0.2) is 21.9 Å². The summed E-state index contributed by atoms with van der Waals surface area (Å²) in [6.07, 6.45) is -1.96. The first-order chi connectivity index (χ1) is 8.85. The highest BCUT2D eigenvalue weighted by Gasteiger charge is 2.89. The van der Waals surface area contributed by atoms with Gasteiger partial charge in [-0.2, -0.15) is 0 Å². The van der Waals surface area contributed by atoms with Crippen LogP contribution in [0.25, 0.3) is 0 Å². The SMILES string of the molecule is O=c1ccn([C@@H]2O[C@]3(CO)[C@H]([C@H]2O)C3(F)F)c(=O)[nH]1. The van der Waals surface area contributed by atoms with Crippen molar-refractivity contribution in [3.8, 4) is 0 Å². The number of hydrogen-bond donors (Lipinski definition) is 3. The molecule has 0 unspecified atom stereocenters. The second-order valence-electron chi connectivity index (χ2n) is 4.66. The highest BCUT2D eigenvalue weighted by molar-refractivity contribution is 5.27. The fourth-order valence-corrected chi connectivity index (χ4v) is 2.64. The summed E-state index contributed by atoms with van der Waals surface area (Å²) < 4.78 is 32.6. The molecule has 7 nitrogen and oxygen atoms in total. The van der Waals surface area contributed by atoms with Crippen molar-refractivity contribution >= 4 is 0 Å². The predicted molar refractivity (Wildman–Crippen MR) is 55.7 cm³/mol. The first-order valence-corrected chi connectivity index (χ1v) is 5.51. The van der Waals surface area contributed by atoms with Gasteiger partial charge in [0.1, 0.15) is 6.10 Å². The van der Waals surface area contributed by atoms with Gasteiger partial charge in [-0.05, 0) is 0 Å². The summed E-state index contributed by atoms with van der Waals surface area (Å²) in [7, 11) is 0. The molecule has 2 aliphatic rings. The molecule has 0 radical (unpaired) electrons. The normalized spacial score (nSPS) is 39.1. The minimum Gasteiger partial charge on any atom is -0.393 e. The monoisotopic (exact) mass is 276 g/mol. The van der Waals surface area contributed by atoms with Gasteiger partial charge in [0.15, 0.2) is 11.8 Å². The van der Waals surface area contributed by atoms with E-state index >= 15 is 0 Å². The van der Waals surface area contributed by atoms with Gasteiger partial charge in [-0.1, -0.05) is 0 Å². The molecule has 1 aliphatic heterocycles. The maximum absolute atomic E-state index is 13.4. The van der Waals surface area contributed by atoms with Crippen LogP contribution in [0, 0.1) is 5.92 Å². The van der Waals surface area contributed by atoms with Gasteiger partial charge in [0, 0.05) is 12.3 Å². The fraction of sp³-hybridized carbons (Fsp3) is 0.600. The number of ether oxygens (including phenoxy) is 1. The molecule has 9 heteroatoms. The number of rotatable bonds is 2. The zero-order valence-corrected chi connectivity index (χ0v) is 9.42. The summed E-state index contributed by atoms with van der Waals surface area (Å²) in [6.45, 7) is -0.962. The molecule has 3 N–H and O–H groups in total. The number of aromatic amines is 1. The van der Waals surface area contributed by atoms with Gasteiger partial charge in [0.25, 0.3) is 11.5 Å². The first kappa shape index (κ1) is 12.5. The molecule has 0 amide bonds. The Morgan fingerprint density at radius 3 is 2.68 bits per heavy atom. The Bertz CT molecular complexity index is 641. The molecular weight excluding hydrogens is 266 g/mol. The number of nitrogens with zero attached hydrogens (tertiary/aromatic N) is 1. The summed E-state index contributed by atoms with van der Waals surface area (Å²) in [5.41, 5.74) is -3.68. The molecule has 1 aliphatic carbocycles. The molecule has 0 spiro atoms. The summed E-state index contributed by atoms with van der Waals surface area (Å²) >= 11 is 0. The van der Waals surface area contributed by atoms with E-state index in [9.17, 15) is 23.5 Å². The third kappa shape index (κ3) is 1.34. The standard InChI is InChI=1S/C10H10F2N2O5/c11-10(12)6-5(17)7(19-9(6,10)3-15)14-2-1-4(16)13-8(14)18/h1-2,5-7,15,17H,3H2,(H,13,16,18)/t5-,6+,7-,9-/m1/s1. The maximum atomic E-state index is 13.4. The van der Waals surface area contributed by atoms with Crippen LogP contribution in [0.2, 0.25) is 0 Å². The van der Waals surface area contributed by atoms with Gasteiger partial charge in [0.05, 0.1) is 12.5 Å². The lowest BCUT2D eigenvalue weighted by Crippen LogP contribution is -2.39. The number of halogens is 2. The molecule has 0 bridgehead atoms. The summed E-state index contributed by atoms with van der Waals surface area (Å²) in [5, 5.41) is 18.8. The Hall–Kier alpha value is -1.58. The number of aromatic nitrogens is 2. The molecular formula is C10H10F2N2O5. The van der Waals surface area contributed by atoms with E-state index in [0.29, 0.717) is 0 Å². The number of aliphatic hydroxyl groups excluding tert-OH is 2. The lowest BCUT2D eigenvalue weighted by molar-refractivity contribution is -0.158. The van der Waals surface area contributed by atoms with Crippen molar-refractivity contribution in [2.75, 3.05) is 6.61 Å². The lowest BCUT2D eigenvalue weighted by Gasteiger charge is -2.23. The average Bonchev–Trinajstić information content (AvgIpc) is 2.64. The van der Waals surface area contributed by atoms with Gasteiger partial charge in [-0.25, -0.2) is 13.6 Å². The molecule has 3 rings (SSSR count). The van der Waals surface area contributed by atoms with E-state index in [1.54, 1.807) is 0 Å². The second kappa shape index (κ2) is 3.50. The topological polar surface area (TPSA) is 105 Å². The molecule has 1 aromatic rings. The Morgan fingerprint density at radius 1 is 1.47 bits per heavy atom. The average molecular weight is 276 g/mol. The van der Waals surface area contributed by atoms with Crippen LogP contribution in [0.3, 0.4) is 0 Å². The fourth-order valence-electron chi connectivity index (χ4n) is 2.64. The van der Waals surface area contributed by atoms with E-state index in [-0.39, 0.29) is 0 Å². The van der Waals surface area contributed by atoms with Crippen LogP contribution < -0.4 is 11.2 Å². The molecule has 1 aromatic heterocycles. The Morgan fingerprint density at radius 2 is 2.16 bits per heavy atom. The van der Waals surface area contributed by atoms with Gasteiger partial charge in [0.2, 0.25) is 0 Å². The maximum Gasteiger partial charge on any atom is 0.330 e. The van der Waals surface area contributed by atoms with Crippen LogP contribution in [0.4, 0.5) is 8.78 Å². The zero-order chi connectivity index (χ0) is 14.0. The van der Waals surface area contributed by atoms with Crippen LogP contribution in [0.5, 0.6) is 0 Å². The Kier molecular flexibility index (Phi) is 2.29. The number of alkyl halides is 2. The summed E-state index contributed by atoms with van der Waals surface area (Å²) in [6, 6.07) is 1.01. The van der Waals surface area contributed by atoms with E-state index in [4.69, 9.17) is 9.84 Å². The Balaban J connectivity index is 1.99. The minimum atomic E-state index is -3.33. The van der Waals surface area contributed by atoms with Gasteiger partial charge in [-0.3, -0.25) is 14.3 Å². The number of hydrogen-bond acceptors (Lipinski definition) is 5. The largest absolute Gasteiger partial charge is 0.393 e. The molecule has 2 fully saturated rings. The summed E-state index contributed by atoms with van der Waals surface area (Å²) in [5.74, 6) is -4.89. The van der Waals surface area contributed by atoms with Crippen molar-refractivity contribution in [2.45, 2.75) is 23.9 Å². The van der Waals surface area contributed by atoms with E-state index in [0.717, 1.165) is 16.8 Å². The van der Waals surface area contributed by atoms with Crippen molar-refractivity contribution in [3.05, 3.63) is 33.1 Å². The number of nitrogens with one attached hydrogen (secondary N) is 1. The van der Waals surface area contributed by atoms with Gasteiger partial charge in [-0.15, -0.1) is 0 Å². The molecule has 104 valence electrons. The second-order valence-corrected chi connectivity index (χ2v) is 4.66. The van der Waals surface area contributed by atoms with E-state index in [1.807, 2.05) is 4.98 Å². The lowest BCUT2D eigenvalue weighted by atomic mass is 10.2. The molecule has 1 saturated carbocycles.